The van der Waals surface area contributed by atoms with Crippen molar-refractivity contribution in [2.24, 2.45) is 5.92 Å². The van der Waals surface area contributed by atoms with E-state index in [1.54, 1.807) is 0 Å². The predicted octanol–water partition coefficient (Wildman–Crippen LogP) is 4.74. The molecular weight excluding hydrogens is 388 g/mol. The number of carbonyl (C=O) groups excluding carboxylic acids is 1. The number of nitrogens with one attached hydrogen (secondary N) is 1. The molecule has 0 unspecified atom stereocenters. The molecule has 1 fully saturated rings. The van der Waals surface area contributed by atoms with Crippen LogP contribution in [-0.4, -0.2) is 33.9 Å². The van der Waals surface area contributed by atoms with Gasteiger partial charge >= 0.3 is 0 Å². The van der Waals surface area contributed by atoms with E-state index in [0.717, 1.165) is 60.5 Å². The SMILES string of the molecule is O=C(Nc1ccc(-c2nc3ccccc3o2)cc1)C1CCN(Cc2ccccn2)CC1. The van der Waals surface area contributed by atoms with Crippen molar-refractivity contribution in [3.8, 4) is 11.5 Å². The van der Waals surface area contributed by atoms with E-state index < -0.39 is 0 Å². The molecule has 31 heavy (non-hydrogen) atoms. The number of amides is 1. The van der Waals surface area contributed by atoms with Gasteiger partial charge in [-0.15, -0.1) is 0 Å². The first kappa shape index (κ1) is 19.5. The normalized spacial score (nSPS) is 15.2. The molecule has 0 bridgehead atoms. The van der Waals surface area contributed by atoms with Gasteiger partial charge in [0.15, 0.2) is 5.58 Å². The Bertz CT molecular complexity index is 1130. The number of benzene rings is 2. The Kier molecular flexibility index (Phi) is 5.46. The van der Waals surface area contributed by atoms with Crippen molar-refractivity contribution in [1.29, 1.82) is 0 Å². The third-order valence-corrected chi connectivity index (χ3v) is 5.76. The fourth-order valence-corrected chi connectivity index (χ4v) is 4.01. The average Bonchev–Trinajstić information content (AvgIpc) is 3.25. The van der Waals surface area contributed by atoms with E-state index in [1.165, 1.54) is 0 Å². The zero-order chi connectivity index (χ0) is 21.0. The van der Waals surface area contributed by atoms with Crippen molar-refractivity contribution in [3.63, 3.8) is 0 Å². The molecule has 6 nitrogen and oxygen atoms in total. The lowest BCUT2D eigenvalue weighted by Gasteiger charge is -2.31. The number of hydrogen-bond donors (Lipinski definition) is 1. The molecule has 0 radical (unpaired) electrons. The number of fused-ring (bicyclic) bond motifs is 1. The fraction of sp³-hybridized carbons (Fsp3) is 0.240. The maximum Gasteiger partial charge on any atom is 0.227 e. The Morgan fingerprint density at radius 3 is 2.52 bits per heavy atom. The molecule has 1 N–H and O–H groups in total. The molecule has 6 heteroatoms. The van der Waals surface area contributed by atoms with Gasteiger partial charge in [0, 0.05) is 29.9 Å². The van der Waals surface area contributed by atoms with Crippen LogP contribution in [-0.2, 0) is 11.3 Å². The second-order valence-electron chi connectivity index (χ2n) is 7.92. The summed E-state index contributed by atoms with van der Waals surface area (Å²) in [4.78, 5) is 24.0. The smallest absolute Gasteiger partial charge is 0.227 e. The van der Waals surface area contributed by atoms with E-state index in [9.17, 15) is 4.79 Å². The molecule has 4 aromatic rings. The first-order chi connectivity index (χ1) is 15.2. The van der Waals surface area contributed by atoms with E-state index >= 15 is 0 Å². The summed E-state index contributed by atoms with van der Waals surface area (Å²) in [5.74, 6) is 0.711. The zero-order valence-electron chi connectivity index (χ0n) is 17.2. The lowest BCUT2D eigenvalue weighted by atomic mass is 9.95. The second kappa shape index (κ2) is 8.70. The Morgan fingerprint density at radius 2 is 1.77 bits per heavy atom. The highest BCUT2D eigenvalue weighted by Gasteiger charge is 2.25. The van der Waals surface area contributed by atoms with Crippen LogP contribution in [0.4, 0.5) is 5.69 Å². The highest BCUT2D eigenvalue weighted by Crippen LogP contribution is 2.26. The van der Waals surface area contributed by atoms with Crippen LogP contribution in [0.2, 0.25) is 0 Å². The fourth-order valence-electron chi connectivity index (χ4n) is 4.01. The summed E-state index contributed by atoms with van der Waals surface area (Å²) in [5, 5.41) is 3.06. The van der Waals surface area contributed by atoms with Crippen molar-refractivity contribution >= 4 is 22.7 Å². The van der Waals surface area contributed by atoms with Crippen LogP contribution in [0, 0.1) is 5.92 Å². The van der Waals surface area contributed by atoms with Gasteiger partial charge in [-0.3, -0.25) is 14.7 Å². The number of hydrogen-bond acceptors (Lipinski definition) is 5. The van der Waals surface area contributed by atoms with Crippen LogP contribution in [0.1, 0.15) is 18.5 Å². The predicted molar refractivity (Wildman–Crippen MR) is 120 cm³/mol. The Hall–Kier alpha value is -3.51. The van der Waals surface area contributed by atoms with Crippen LogP contribution < -0.4 is 5.32 Å². The highest BCUT2D eigenvalue weighted by molar-refractivity contribution is 5.92. The summed E-state index contributed by atoms with van der Waals surface area (Å²) in [5.41, 5.74) is 4.36. The first-order valence-corrected chi connectivity index (χ1v) is 10.6. The number of rotatable bonds is 5. The van der Waals surface area contributed by atoms with Gasteiger partial charge in [-0.25, -0.2) is 4.98 Å². The summed E-state index contributed by atoms with van der Waals surface area (Å²) in [7, 11) is 0. The average molecular weight is 412 g/mol. The zero-order valence-corrected chi connectivity index (χ0v) is 17.2. The largest absolute Gasteiger partial charge is 0.436 e. The molecule has 2 aromatic carbocycles. The van der Waals surface area contributed by atoms with Gasteiger partial charge in [0.2, 0.25) is 11.8 Å². The Labute approximate surface area is 180 Å². The quantitative estimate of drug-likeness (QED) is 0.513. The highest BCUT2D eigenvalue weighted by atomic mass is 16.3. The molecule has 1 saturated heterocycles. The van der Waals surface area contributed by atoms with Gasteiger partial charge in [-0.1, -0.05) is 18.2 Å². The molecule has 156 valence electrons. The van der Waals surface area contributed by atoms with Crippen molar-refractivity contribution < 1.29 is 9.21 Å². The minimum Gasteiger partial charge on any atom is -0.436 e. The van der Waals surface area contributed by atoms with Gasteiger partial charge in [0.25, 0.3) is 0 Å². The first-order valence-electron chi connectivity index (χ1n) is 10.6. The molecule has 0 spiro atoms. The topological polar surface area (TPSA) is 71.3 Å². The molecule has 1 amide bonds. The van der Waals surface area contributed by atoms with Crippen LogP contribution >= 0.6 is 0 Å². The monoisotopic (exact) mass is 412 g/mol. The third-order valence-electron chi connectivity index (χ3n) is 5.76. The summed E-state index contributed by atoms with van der Waals surface area (Å²) >= 11 is 0. The van der Waals surface area contributed by atoms with Crippen LogP contribution in [0.15, 0.2) is 77.3 Å². The van der Waals surface area contributed by atoms with Crippen molar-refractivity contribution in [1.82, 2.24) is 14.9 Å². The minimum absolute atomic E-state index is 0.0386. The van der Waals surface area contributed by atoms with Gasteiger partial charge in [0.05, 0.1) is 5.69 Å². The summed E-state index contributed by atoms with van der Waals surface area (Å²) in [6.07, 6.45) is 3.55. The number of piperidine rings is 1. The summed E-state index contributed by atoms with van der Waals surface area (Å²) in [6.45, 7) is 2.66. The number of carbonyl (C=O) groups is 1. The maximum atomic E-state index is 12.7. The molecule has 1 aliphatic rings. The minimum atomic E-state index is 0.0386. The van der Waals surface area contributed by atoms with Crippen LogP contribution in [0.3, 0.4) is 0 Å². The number of nitrogens with zero attached hydrogens (tertiary/aromatic N) is 3. The van der Waals surface area contributed by atoms with E-state index in [1.807, 2.05) is 72.9 Å². The second-order valence-corrected chi connectivity index (χ2v) is 7.92. The molecular formula is C25H24N4O2. The lowest BCUT2D eigenvalue weighted by Crippen LogP contribution is -2.37. The van der Waals surface area contributed by atoms with Crippen molar-refractivity contribution in [3.05, 3.63) is 78.6 Å². The molecule has 0 aliphatic carbocycles. The number of oxazole rings is 1. The van der Waals surface area contributed by atoms with Crippen molar-refractivity contribution in [2.75, 3.05) is 18.4 Å². The summed E-state index contributed by atoms with van der Waals surface area (Å²) in [6, 6.07) is 21.3. The molecule has 3 heterocycles. The van der Waals surface area contributed by atoms with E-state index in [2.05, 4.69) is 20.2 Å². The van der Waals surface area contributed by atoms with Gasteiger partial charge in [-0.2, -0.15) is 0 Å². The number of aromatic nitrogens is 2. The molecule has 5 rings (SSSR count). The number of likely N-dealkylation sites (tertiary alicyclic amines) is 1. The standard InChI is InChI=1S/C25H24N4O2/c30-24(18-12-15-29(16-13-18)17-21-5-3-4-14-26-21)27-20-10-8-19(9-11-20)25-28-22-6-1-2-7-23(22)31-25/h1-11,14,18H,12-13,15-17H2,(H,27,30). The van der Waals surface area contributed by atoms with Crippen LogP contribution in [0.25, 0.3) is 22.6 Å². The molecule has 0 atom stereocenters. The lowest BCUT2D eigenvalue weighted by molar-refractivity contribution is -0.121. The third kappa shape index (κ3) is 4.49. The van der Waals surface area contributed by atoms with Gasteiger partial charge in [0.1, 0.15) is 5.52 Å². The van der Waals surface area contributed by atoms with Crippen LogP contribution in [0.5, 0.6) is 0 Å². The van der Waals surface area contributed by atoms with Crippen molar-refractivity contribution in [2.45, 2.75) is 19.4 Å². The number of pyridine rings is 1. The van der Waals surface area contributed by atoms with E-state index in [-0.39, 0.29) is 11.8 Å². The van der Waals surface area contributed by atoms with E-state index in [4.69, 9.17) is 4.42 Å². The van der Waals surface area contributed by atoms with Gasteiger partial charge < -0.3 is 9.73 Å². The molecule has 0 saturated carbocycles. The summed E-state index contributed by atoms with van der Waals surface area (Å²) < 4.78 is 5.82. The Balaban J connectivity index is 1.16. The van der Waals surface area contributed by atoms with E-state index in [0.29, 0.717) is 5.89 Å². The Morgan fingerprint density at radius 1 is 1.00 bits per heavy atom. The molecule has 1 aliphatic heterocycles. The number of anilines is 1. The number of para-hydroxylation sites is 2. The van der Waals surface area contributed by atoms with Gasteiger partial charge in [-0.05, 0) is 74.5 Å². The molecule has 2 aromatic heterocycles. The maximum absolute atomic E-state index is 12.7.